The molecule has 0 radical (unpaired) electrons. The Morgan fingerprint density at radius 1 is 1.48 bits per heavy atom. The number of ether oxygens (including phenoxy) is 1. The summed E-state index contributed by atoms with van der Waals surface area (Å²) in [4.78, 5) is 12.5. The van der Waals surface area contributed by atoms with Gasteiger partial charge in [-0.25, -0.2) is 9.18 Å². The number of benzene rings is 1. The van der Waals surface area contributed by atoms with E-state index >= 15 is 0 Å². The smallest absolute Gasteiger partial charge is 0.407 e. The molecule has 128 valence electrons. The third-order valence-electron chi connectivity index (χ3n) is 4.12. The minimum Gasteiger partial charge on any atom is -0.612 e. The normalized spacial score (nSPS) is 17.1. The average molecular weight is 343 g/mol. The van der Waals surface area contributed by atoms with E-state index in [-0.39, 0.29) is 4.90 Å². The van der Waals surface area contributed by atoms with Crippen LogP contribution in [0.5, 0.6) is 5.75 Å². The molecule has 1 fully saturated rings. The molecule has 1 aliphatic rings. The van der Waals surface area contributed by atoms with Crippen molar-refractivity contribution in [2.75, 3.05) is 26.0 Å². The first kappa shape index (κ1) is 17.9. The van der Waals surface area contributed by atoms with E-state index in [0.717, 1.165) is 25.7 Å². The van der Waals surface area contributed by atoms with Gasteiger partial charge in [-0.15, -0.1) is 0 Å². The molecule has 1 aromatic rings. The van der Waals surface area contributed by atoms with Gasteiger partial charge in [-0.3, -0.25) is 0 Å². The summed E-state index contributed by atoms with van der Waals surface area (Å²) in [6, 6.07) is 4.38. The highest BCUT2D eigenvalue weighted by molar-refractivity contribution is 7.90. The quantitative estimate of drug-likeness (QED) is 0.636. The SMILES string of the molecule is C[S+]([O-])c1ccc(OCCCC2CCN(C(=O)O)CC2)cc1F. The van der Waals surface area contributed by atoms with E-state index in [1.807, 2.05) is 0 Å². The maximum absolute atomic E-state index is 13.7. The summed E-state index contributed by atoms with van der Waals surface area (Å²) in [6.45, 7) is 1.69. The van der Waals surface area contributed by atoms with Gasteiger partial charge in [-0.1, -0.05) is 0 Å². The molecule has 1 N–H and O–H groups in total. The summed E-state index contributed by atoms with van der Waals surface area (Å²) in [5.74, 6) is 0.456. The molecule has 0 aromatic heterocycles. The molecule has 5 nitrogen and oxygen atoms in total. The molecule has 7 heteroatoms. The molecule has 1 amide bonds. The lowest BCUT2D eigenvalue weighted by Crippen LogP contribution is -2.37. The zero-order valence-electron chi connectivity index (χ0n) is 13.2. The van der Waals surface area contributed by atoms with Gasteiger partial charge in [0.1, 0.15) is 12.0 Å². The maximum Gasteiger partial charge on any atom is 0.407 e. The number of rotatable bonds is 6. The minimum atomic E-state index is -1.34. The number of piperidine rings is 1. The van der Waals surface area contributed by atoms with Crippen LogP contribution in [0.1, 0.15) is 25.7 Å². The molecule has 1 atom stereocenters. The van der Waals surface area contributed by atoms with Crippen molar-refractivity contribution < 1.29 is 23.6 Å². The molecule has 1 aromatic carbocycles. The van der Waals surface area contributed by atoms with Crippen LogP contribution in [-0.2, 0) is 11.2 Å². The summed E-state index contributed by atoms with van der Waals surface area (Å²) in [5.41, 5.74) is 0. The molecular formula is C16H22FNO4S. The summed E-state index contributed by atoms with van der Waals surface area (Å²) in [7, 11) is 0. The zero-order valence-corrected chi connectivity index (χ0v) is 14.0. The number of carboxylic acid groups (broad SMARTS) is 1. The minimum absolute atomic E-state index is 0.183. The number of carbonyl (C=O) groups is 1. The van der Waals surface area contributed by atoms with Crippen molar-refractivity contribution in [2.45, 2.75) is 30.6 Å². The number of nitrogens with zero attached hydrogens (tertiary/aromatic N) is 1. The topological polar surface area (TPSA) is 72.8 Å². The van der Waals surface area contributed by atoms with E-state index in [1.165, 1.54) is 23.3 Å². The van der Waals surface area contributed by atoms with Crippen molar-refractivity contribution in [3.05, 3.63) is 24.0 Å². The van der Waals surface area contributed by atoms with Gasteiger partial charge in [0.15, 0.2) is 10.7 Å². The van der Waals surface area contributed by atoms with Gasteiger partial charge in [0, 0.05) is 19.2 Å². The Hall–Kier alpha value is -1.47. The fraction of sp³-hybridized carbons (Fsp3) is 0.562. The summed E-state index contributed by atoms with van der Waals surface area (Å²) < 4.78 is 30.5. The highest BCUT2D eigenvalue weighted by atomic mass is 32.2. The Morgan fingerprint density at radius 3 is 2.74 bits per heavy atom. The number of halogens is 1. The predicted octanol–water partition coefficient (Wildman–Crippen LogP) is 3.11. The van der Waals surface area contributed by atoms with E-state index in [4.69, 9.17) is 9.84 Å². The zero-order chi connectivity index (χ0) is 16.8. The third-order valence-corrected chi connectivity index (χ3v) is 5.07. The standard InChI is InChI=1S/C16H22FNO4S/c1-23(21)15-5-4-13(11-14(15)17)22-10-2-3-12-6-8-18(9-7-12)16(19)20/h4-5,11-12H,2-3,6-10H2,1H3,(H,19,20). The summed E-state index contributed by atoms with van der Waals surface area (Å²) >= 11 is -1.34. The van der Waals surface area contributed by atoms with Crippen molar-refractivity contribution in [1.82, 2.24) is 4.90 Å². The summed E-state index contributed by atoms with van der Waals surface area (Å²) in [6.07, 6.45) is 4.20. The van der Waals surface area contributed by atoms with Crippen molar-refractivity contribution in [3.8, 4) is 5.75 Å². The third kappa shape index (κ3) is 5.28. The lowest BCUT2D eigenvalue weighted by Gasteiger charge is -2.29. The lowest BCUT2D eigenvalue weighted by atomic mass is 9.92. The Balaban J connectivity index is 1.68. The number of hydrogen-bond donors (Lipinski definition) is 1. The Morgan fingerprint density at radius 2 is 2.17 bits per heavy atom. The molecule has 2 rings (SSSR count). The molecule has 0 spiro atoms. The first-order chi connectivity index (χ1) is 11.0. The van der Waals surface area contributed by atoms with Crippen LogP contribution in [0.25, 0.3) is 0 Å². The van der Waals surface area contributed by atoms with Gasteiger partial charge in [0.05, 0.1) is 6.61 Å². The van der Waals surface area contributed by atoms with Crippen LogP contribution < -0.4 is 4.74 Å². The van der Waals surface area contributed by atoms with Crippen molar-refractivity contribution in [3.63, 3.8) is 0 Å². The highest BCUT2D eigenvalue weighted by Crippen LogP contribution is 2.23. The van der Waals surface area contributed by atoms with Gasteiger partial charge in [0.25, 0.3) is 0 Å². The van der Waals surface area contributed by atoms with E-state index in [2.05, 4.69) is 0 Å². The van der Waals surface area contributed by atoms with E-state index in [0.29, 0.717) is 31.4 Å². The van der Waals surface area contributed by atoms with Gasteiger partial charge in [0.2, 0.25) is 0 Å². The van der Waals surface area contributed by atoms with Crippen LogP contribution in [0.4, 0.5) is 9.18 Å². The van der Waals surface area contributed by atoms with Crippen LogP contribution in [0.2, 0.25) is 0 Å². The van der Waals surface area contributed by atoms with Crippen molar-refractivity contribution >= 4 is 17.3 Å². The van der Waals surface area contributed by atoms with Crippen LogP contribution in [-0.4, -0.2) is 46.6 Å². The largest absolute Gasteiger partial charge is 0.612 e. The van der Waals surface area contributed by atoms with Crippen molar-refractivity contribution in [1.29, 1.82) is 0 Å². The molecule has 0 bridgehead atoms. The first-order valence-electron chi connectivity index (χ1n) is 7.71. The molecule has 1 heterocycles. The van der Waals surface area contributed by atoms with E-state index in [9.17, 15) is 13.7 Å². The Labute approximate surface area is 138 Å². The molecule has 1 aliphatic heterocycles. The van der Waals surface area contributed by atoms with Gasteiger partial charge < -0.3 is 19.3 Å². The molecule has 23 heavy (non-hydrogen) atoms. The second kappa shape index (κ2) is 8.40. The molecule has 0 aliphatic carbocycles. The number of amides is 1. The molecular weight excluding hydrogens is 321 g/mol. The van der Waals surface area contributed by atoms with E-state index in [1.54, 1.807) is 6.07 Å². The molecule has 1 unspecified atom stereocenters. The summed E-state index contributed by atoms with van der Waals surface area (Å²) in [5, 5.41) is 8.90. The van der Waals surface area contributed by atoms with Crippen molar-refractivity contribution in [2.24, 2.45) is 5.92 Å². The Bertz CT molecular complexity index is 533. The highest BCUT2D eigenvalue weighted by Gasteiger charge is 2.21. The maximum atomic E-state index is 13.7. The monoisotopic (exact) mass is 343 g/mol. The fourth-order valence-corrected chi connectivity index (χ4v) is 3.37. The number of hydrogen-bond acceptors (Lipinski definition) is 3. The lowest BCUT2D eigenvalue weighted by molar-refractivity contribution is 0.121. The van der Waals surface area contributed by atoms with E-state index < -0.39 is 23.1 Å². The average Bonchev–Trinajstić information content (AvgIpc) is 2.51. The van der Waals surface area contributed by atoms with Crippen LogP contribution >= 0.6 is 0 Å². The molecule has 1 saturated heterocycles. The van der Waals surface area contributed by atoms with Crippen LogP contribution in [0.3, 0.4) is 0 Å². The fourth-order valence-electron chi connectivity index (χ4n) is 2.78. The second-order valence-electron chi connectivity index (χ2n) is 5.75. The number of likely N-dealkylation sites (tertiary alicyclic amines) is 1. The predicted molar refractivity (Wildman–Crippen MR) is 85.8 cm³/mol. The molecule has 0 saturated carbocycles. The van der Waals surface area contributed by atoms with Crippen LogP contribution in [0, 0.1) is 11.7 Å². The van der Waals surface area contributed by atoms with Gasteiger partial charge >= 0.3 is 6.09 Å². The second-order valence-corrected chi connectivity index (χ2v) is 7.10. The van der Waals surface area contributed by atoms with Crippen LogP contribution in [0.15, 0.2) is 23.1 Å². The first-order valence-corrected chi connectivity index (χ1v) is 9.27. The Kier molecular flexibility index (Phi) is 6.53. The van der Waals surface area contributed by atoms with Gasteiger partial charge in [-0.05, 0) is 54.9 Å². The van der Waals surface area contributed by atoms with Gasteiger partial charge in [-0.2, -0.15) is 0 Å².